The Kier molecular flexibility index (Phi) is 4.64. The van der Waals surface area contributed by atoms with Crippen LogP contribution in [-0.2, 0) is 6.42 Å². The molecule has 106 valence electrons. The average molecular weight is 261 g/mol. The quantitative estimate of drug-likeness (QED) is 0.880. The number of aliphatic hydroxyl groups is 1. The number of aliphatic hydroxyl groups excluding tert-OH is 1. The fourth-order valence-electron chi connectivity index (χ4n) is 3.07. The lowest BCUT2D eigenvalue weighted by atomic mass is 9.86. The molecule has 1 saturated heterocycles. The molecule has 2 atom stereocenters. The van der Waals surface area contributed by atoms with Gasteiger partial charge in [0.1, 0.15) is 0 Å². The second kappa shape index (κ2) is 6.06. The zero-order valence-corrected chi connectivity index (χ0v) is 12.5. The molecule has 0 radical (unpaired) electrons. The van der Waals surface area contributed by atoms with E-state index in [1.54, 1.807) is 0 Å². The summed E-state index contributed by atoms with van der Waals surface area (Å²) in [5.41, 5.74) is 2.43. The van der Waals surface area contributed by atoms with E-state index in [4.69, 9.17) is 0 Å². The maximum absolute atomic E-state index is 10.7. The van der Waals surface area contributed by atoms with Crippen LogP contribution in [0.15, 0.2) is 24.3 Å². The summed E-state index contributed by atoms with van der Waals surface area (Å²) in [6, 6.07) is 8.53. The molecule has 2 heteroatoms. The largest absolute Gasteiger partial charge is 0.391 e. The van der Waals surface area contributed by atoms with Crippen LogP contribution in [0, 0.1) is 6.92 Å². The van der Waals surface area contributed by atoms with Crippen molar-refractivity contribution < 1.29 is 5.11 Å². The molecule has 0 aliphatic carbocycles. The molecule has 2 rings (SSSR count). The number of hydrogen-bond donors (Lipinski definition) is 1. The minimum Gasteiger partial charge on any atom is -0.391 e. The molecule has 1 aliphatic rings. The third-order valence-electron chi connectivity index (χ3n) is 4.81. The lowest BCUT2D eigenvalue weighted by Crippen LogP contribution is -2.53. The van der Waals surface area contributed by atoms with E-state index < -0.39 is 0 Å². The number of hydrogen-bond acceptors (Lipinski definition) is 2. The lowest BCUT2D eigenvalue weighted by Gasteiger charge is -2.42. The highest BCUT2D eigenvalue weighted by atomic mass is 16.3. The van der Waals surface area contributed by atoms with Crippen molar-refractivity contribution in [2.24, 2.45) is 0 Å². The number of likely N-dealkylation sites (tertiary alicyclic amines) is 1. The van der Waals surface area contributed by atoms with E-state index in [1.807, 2.05) is 0 Å². The van der Waals surface area contributed by atoms with E-state index in [2.05, 4.69) is 49.9 Å². The van der Waals surface area contributed by atoms with E-state index >= 15 is 0 Å². The SMILES string of the molecule is CCC(C)(C(O)Cc1ccc(C)cc1)N1CCCC1. The zero-order valence-electron chi connectivity index (χ0n) is 12.5. The third-order valence-corrected chi connectivity index (χ3v) is 4.81. The Labute approximate surface area is 117 Å². The van der Waals surface area contributed by atoms with Gasteiger partial charge >= 0.3 is 0 Å². The molecule has 0 bridgehead atoms. The van der Waals surface area contributed by atoms with Crippen molar-refractivity contribution >= 4 is 0 Å². The number of aryl methyl sites for hydroxylation is 1. The molecule has 1 heterocycles. The molecule has 2 unspecified atom stereocenters. The van der Waals surface area contributed by atoms with Crippen LogP contribution in [0.25, 0.3) is 0 Å². The Hall–Kier alpha value is -0.860. The van der Waals surface area contributed by atoms with Crippen molar-refractivity contribution in [2.45, 2.75) is 58.1 Å². The molecule has 1 aromatic carbocycles. The van der Waals surface area contributed by atoms with Gasteiger partial charge in [0.2, 0.25) is 0 Å². The number of nitrogens with zero attached hydrogens (tertiary/aromatic N) is 1. The fraction of sp³-hybridized carbons (Fsp3) is 0.647. The molecule has 0 spiro atoms. The molecule has 1 aliphatic heterocycles. The van der Waals surface area contributed by atoms with Gasteiger partial charge in [0.05, 0.1) is 6.10 Å². The van der Waals surface area contributed by atoms with Crippen LogP contribution in [0.5, 0.6) is 0 Å². The molecule has 1 N–H and O–H groups in total. The van der Waals surface area contributed by atoms with Gasteiger partial charge in [-0.05, 0) is 51.8 Å². The van der Waals surface area contributed by atoms with E-state index in [-0.39, 0.29) is 11.6 Å². The fourth-order valence-corrected chi connectivity index (χ4v) is 3.07. The Morgan fingerprint density at radius 1 is 1.21 bits per heavy atom. The predicted molar refractivity (Wildman–Crippen MR) is 80.4 cm³/mol. The first kappa shape index (κ1) is 14.5. The molecular formula is C17H27NO. The molecular weight excluding hydrogens is 234 g/mol. The average Bonchev–Trinajstić information content (AvgIpc) is 2.95. The summed E-state index contributed by atoms with van der Waals surface area (Å²) in [5, 5.41) is 10.7. The highest BCUT2D eigenvalue weighted by Crippen LogP contribution is 2.29. The Bertz CT molecular complexity index is 394. The maximum Gasteiger partial charge on any atom is 0.0761 e. The van der Waals surface area contributed by atoms with Crippen molar-refractivity contribution in [2.75, 3.05) is 13.1 Å². The van der Waals surface area contributed by atoms with Crippen molar-refractivity contribution in [3.8, 4) is 0 Å². The van der Waals surface area contributed by atoms with Gasteiger partial charge in [-0.2, -0.15) is 0 Å². The first-order valence-corrected chi connectivity index (χ1v) is 7.55. The van der Waals surface area contributed by atoms with Gasteiger partial charge in [0.25, 0.3) is 0 Å². The van der Waals surface area contributed by atoms with E-state index in [0.717, 1.165) is 25.9 Å². The number of rotatable bonds is 5. The summed E-state index contributed by atoms with van der Waals surface area (Å²) in [5.74, 6) is 0. The zero-order chi connectivity index (χ0) is 13.9. The monoisotopic (exact) mass is 261 g/mol. The summed E-state index contributed by atoms with van der Waals surface area (Å²) in [7, 11) is 0. The molecule has 1 fully saturated rings. The van der Waals surface area contributed by atoms with Gasteiger partial charge in [0, 0.05) is 12.0 Å². The minimum absolute atomic E-state index is 0.0820. The van der Waals surface area contributed by atoms with Crippen LogP contribution in [0.3, 0.4) is 0 Å². The summed E-state index contributed by atoms with van der Waals surface area (Å²) in [4.78, 5) is 2.48. The van der Waals surface area contributed by atoms with Crippen LogP contribution in [-0.4, -0.2) is 34.7 Å². The highest BCUT2D eigenvalue weighted by Gasteiger charge is 2.38. The summed E-state index contributed by atoms with van der Waals surface area (Å²) < 4.78 is 0. The van der Waals surface area contributed by atoms with Gasteiger partial charge in [0.15, 0.2) is 0 Å². The molecule has 0 saturated carbocycles. The molecule has 0 aromatic heterocycles. The third kappa shape index (κ3) is 3.18. The second-order valence-corrected chi connectivity index (χ2v) is 6.11. The van der Waals surface area contributed by atoms with E-state index in [9.17, 15) is 5.11 Å². The number of benzene rings is 1. The Morgan fingerprint density at radius 3 is 2.32 bits per heavy atom. The Balaban J connectivity index is 2.07. The summed E-state index contributed by atoms with van der Waals surface area (Å²) in [6.07, 6.45) is 4.00. The first-order chi connectivity index (χ1) is 9.06. The molecule has 1 aromatic rings. The van der Waals surface area contributed by atoms with Crippen molar-refractivity contribution in [3.05, 3.63) is 35.4 Å². The van der Waals surface area contributed by atoms with Crippen molar-refractivity contribution in [1.82, 2.24) is 4.90 Å². The molecule has 2 nitrogen and oxygen atoms in total. The topological polar surface area (TPSA) is 23.5 Å². The smallest absolute Gasteiger partial charge is 0.0761 e. The predicted octanol–water partition coefficient (Wildman–Crippen LogP) is 3.16. The van der Waals surface area contributed by atoms with Crippen LogP contribution in [0.2, 0.25) is 0 Å². The van der Waals surface area contributed by atoms with Crippen LogP contribution in [0.1, 0.15) is 44.2 Å². The highest BCUT2D eigenvalue weighted by molar-refractivity contribution is 5.22. The maximum atomic E-state index is 10.7. The normalized spacial score (nSPS) is 21.3. The minimum atomic E-state index is -0.293. The van der Waals surface area contributed by atoms with Crippen molar-refractivity contribution in [1.29, 1.82) is 0 Å². The van der Waals surface area contributed by atoms with Crippen molar-refractivity contribution in [3.63, 3.8) is 0 Å². The van der Waals surface area contributed by atoms with Gasteiger partial charge in [-0.3, -0.25) is 4.90 Å². The first-order valence-electron chi connectivity index (χ1n) is 7.55. The van der Waals surface area contributed by atoms with Gasteiger partial charge in [-0.25, -0.2) is 0 Å². The molecule has 0 amide bonds. The van der Waals surface area contributed by atoms with Gasteiger partial charge in [-0.1, -0.05) is 36.8 Å². The van der Waals surface area contributed by atoms with Crippen LogP contribution < -0.4 is 0 Å². The molecule has 19 heavy (non-hydrogen) atoms. The van der Waals surface area contributed by atoms with E-state index in [0.29, 0.717) is 0 Å². The van der Waals surface area contributed by atoms with Gasteiger partial charge < -0.3 is 5.11 Å². The van der Waals surface area contributed by atoms with E-state index in [1.165, 1.54) is 24.0 Å². The van der Waals surface area contributed by atoms with Crippen LogP contribution in [0.4, 0.5) is 0 Å². The summed E-state index contributed by atoms with van der Waals surface area (Å²) >= 11 is 0. The Morgan fingerprint density at radius 2 is 1.79 bits per heavy atom. The van der Waals surface area contributed by atoms with Crippen LogP contribution >= 0.6 is 0 Å². The summed E-state index contributed by atoms with van der Waals surface area (Å²) in [6.45, 7) is 8.78. The second-order valence-electron chi connectivity index (χ2n) is 6.11. The standard InChI is InChI=1S/C17H27NO/c1-4-17(3,18-11-5-6-12-18)16(19)13-15-9-7-14(2)8-10-15/h7-10,16,19H,4-6,11-13H2,1-3H3. The van der Waals surface area contributed by atoms with Gasteiger partial charge in [-0.15, -0.1) is 0 Å². The lowest BCUT2D eigenvalue weighted by molar-refractivity contribution is -0.0117.